The van der Waals surface area contributed by atoms with Gasteiger partial charge >= 0.3 is 0 Å². The zero-order valence-corrected chi connectivity index (χ0v) is 9.68. The van der Waals surface area contributed by atoms with Gasteiger partial charge in [0.25, 0.3) is 0 Å². The summed E-state index contributed by atoms with van der Waals surface area (Å²) in [6.45, 7) is 2.16. The Morgan fingerprint density at radius 2 is 2.44 bits per heavy atom. The molecular weight excluding hydrogens is 202 g/mol. The summed E-state index contributed by atoms with van der Waals surface area (Å²) in [5.41, 5.74) is 1.06. The molecule has 86 valence electrons. The first-order chi connectivity index (χ1) is 7.74. The lowest BCUT2D eigenvalue weighted by molar-refractivity contribution is 0.495. The van der Waals surface area contributed by atoms with Crippen molar-refractivity contribution < 1.29 is 4.42 Å². The molecule has 0 aliphatic rings. The number of nitrogens with zero attached hydrogens (tertiary/aromatic N) is 2. The van der Waals surface area contributed by atoms with E-state index in [9.17, 15) is 0 Å². The van der Waals surface area contributed by atoms with Crippen LogP contribution in [0.1, 0.15) is 19.1 Å². The third-order valence-electron chi connectivity index (χ3n) is 2.52. The Morgan fingerprint density at radius 1 is 1.56 bits per heavy atom. The van der Waals surface area contributed by atoms with Crippen LogP contribution in [0.15, 0.2) is 35.2 Å². The molecule has 0 aliphatic carbocycles. The van der Waals surface area contributed by atoms with E-state index >= 15 is 0 Å². The molecule has 4 nitrogen and oxygen atoms in total. The van der Waals surface area contributed by atoms with Gasteiger partial charge in [-0.05, 0) is 25.5 Å². The molecule has 16 heavy (non-hydrogen) atoms. The van der Waals surface area contributed by atoms with Gasteiger partial charge in [0.05, 0.1) is 18.1 Å². The van der Waals surface area contributed by atoms with Crippen molar-refractivity contribution in [2.24, 2.45) is 7.05 Å². The highest BCUT2D eigenvalue weighted by atomic mass is 16.3. The van der Waals surface area contributed by atoms with Crippen LogP contribution < -0.4 is 5.32 Å². The Hall–Kier alpha value is -1.71. The second-order valence-electron chi connectivity index (χ2n) is 4.07. The number of aromatic nitrogens is 2. The van der Waals surface area contributed by atoms with Crippen molar-refractivity contribution in [3.8, 4) is 0 Å². The molecule has 2 rings (SSSR count). The molecule has 0 amide bonds. The van der Waals surface area contributed by atoms with Gasteiger partial charge in [0, 0.05) is 25.7 Å². The maximum atomic E-state index is 5.29. The minimum atomic E-state index is 0.411. The predicted molar refractivity (Wildman–Crippen MR) is 63.3 cm³/mol. The van der Waals surface area contributed by atoms with E-state index in [0.29, 0.717) is 6.04 Å². The Morgan fingerprint density at radius 3 is 3.06 bits per heavy atom. The summed E-state index contributed by atoms with van der Waals surface area (Å²) in [7, 11) is 1.92. The lowest BCUT2D eigenvalue weighted by Crippen LogP contribution is -2.15. The van der Waals surface area contributed by atoms with Gasteiger partial charge in [-0.25, -0.2) is 0 Å². The van der Waals surface area contributed by atoms with E-state index in [1.807, 2.05) is 31.6 Å². The van der Waals surface area contributed by atoms with Gasteiger partial charge in [-0.1, -0.05) is 0 Å². The van der Waals surface area contributed by atoms with Crippen LogP contribution in [0.25, 0.3) is 0 Å². The van der Waals surface area contributed by atoms with Crippen LogP contribution in [0, 0.1) is 0 Å². The fourth-order valence-corrected chi connectivity index (χ4v) is 1.67. The highest BCUT2D eigenvalue weighted by Crippen LogP contribution is 2.10. The molecule has 0 aliphatic heterocycles. The molecule has 1 unspecified atom stereocenters. The minimum absolute atomic E-state index is 0.411. The summed E-state index contributed by atoms with van der Waals surface area (Å²) in [5, 5.41) is 7.52. The highest BCUT2D eigenvalue weighted by molar-refractivity contribution is 5.38. The molecule has 2 aromatic rings. The van der Waals surface area contributed by atoms with Crippen molar-refractivity contribution in [2.45, 2.75) is 25.8 Å². The van der Waals surface area contributed by atoms with Gasteiger partial charge in [0.2, 0.25) is 0 Å². The van der Waals surface area contributed by atoms with Crippen molar-refractivity contribution in [3.05, 3.63) is 36.5 Å². The number of anilines is 1. The molecule has 2 heterocycles. The molecule has 0 radical (unpaired) electrons. The van der Waals surface area contributed by atoms with E-state index in [-0.39, 0.29) is 0 Å². The number of hydrogen-bond donors (Lipinski definition) is 1. The zero-order valence-electron chi connectivity index (χ0n) is 9.68. The Labute approximate surface area is 95.3 Å². The fourth-order valence-electron chi connectivity index (χ4n) is 1.67. The van der Waals surface area contributed by atoms with Crippen molar-refractivity contribution in [1.82, 2.24) is 9.78 Å². The van der Waals surface area contributed by atoms with Crippen LogP contribution in [-0.4, -0.2) is 15.8 Å². The van der Waals surface area contributed by atoms with Crippen LogP contribution in [-0.2, 0) is 13.5 Å². The van der Waals surface area contributed by atoms with E-state index in [1.54, 1.807) is 10.9 Å². The summed E-state index contributed by atoms with van der Waals surface area (Å²) in [4.78, 5) is 0. The second-order valence-corrected chi connectivity index (χ2v) is 4.07. The van der Waals surface area contributed by atoms with Crippen LogP contribution in [0.5, 0.6) is 0 Å². The Kier molecular flexibility index (Phi) is 3.29. The van der Waals surface area contributed by atoms with Crippen molar-refractivity contribution >= 4 is 5.69 Å². The van der Waals surface area contributed by atoms with E-state index < -0.39 is 0 Å². The van der Waals surface area contributed by atoms with Gasteiger partial charge in [0.1, 0.15) is 5.76 Å². The third-order valence-corrected chi connectivity index (χ3v) is 2.52. The molecule has 0 saturated carbocycles. The zero-order chi connectivity index (χ0) is 11.4. The number of rotatable bonds is 5. The average Bonchev–Trinajstić information content (AvgIpc) is 2.87. The maximum absolute atomic E-state index is 5.29. The van der Waals surface area contributed by atoms with Gasteiger partial charge < -0.3 is 9.73 Å². The minimum Gasteiger partial charge on any atom is -0.469 e. The summed E-state index contributed by atoms with van der Waals surface area (Å²) < 4.78 is 7.09. The van der Waals surface area contributed by atoms with E-state index in [4.69, 9.17) is 4.42 Å². The molecule has 0 saturated heterocycles. The van der Waals surface area contributed by atoms with E-state index in [1.165, 1.54) is 0 Å². The molecule has 0 bridgehead atoms. The van der Waals surface area contributed by atoms with Gasteiger partial charge in [-0.15, -0.1) is 0 Å². The summed E-state index contributed by atoms with van der Waals surface area (Å²) in [5.74, 6) is 1.04. The summed E-state index contributed by atoms with van der Waals surface area (Å²) in [6, 6.07) is 4.35. The molecule has 2 aromatic heterocycles. The largest absolute Gasteiger partial charge is 0.469 e. The first-order valence-corrected chi connectivity index (χ1v) is 5.51. The molecule has 4 heteroatoms. The molecule has 0 fully saturated rings. The Balaban J connectivity index is 1.78. The SMILES string of the molecule is CC(CCc1ccco1)Nc1cnn(C)c1. The van der Waals surface area contributed by atoms with Crippen molar-refractivity contribution in [2.75, 3.05) is 5.32 Å². The van der Waals surface area contributed by atoms with Gasteiger partial charge in [0.15, 0.2) is 0 Å². The first kappa shape index (κ1) is 10.8. The quantitative estimate of drug-likeness (QED) is 0.840. The monoisotopic (exact) mass is 219 g/mol. The first-order valence-electron chi connectivity index (χ1n) is 5.51. The summed E-state index contributed by atoms with van der Waals surface area (Å²) >= 11 is 0. The number of hydrogen-bond acceptors (Lipinski definition) is 3. The molecule has 0 spiro atoms. The van der Waals surface area contributed by atoms with Gasteiger partial charge in [-0.2, -0.15) is 5.10 Å². The van der Waals surface area contributed by atoms with E-state index in [2.05, 4.69) is 17.3 Å². The average molecular weight is 219 g/mol. The molecule has 1 N–H and O–H groups in total. The van der Waals surface area contributed by atoms with Crippen molar-refractivity contribution in [1.29, 1.82) is 0 Å². The maximum Gasteiger partial charge on any atom is 0.103 e. The van der Waals surface area contributed by atoms with Crippen molar-refractivity contribution in [3.63, 3.8) is 0 Å². The standard InChI is InChI=1S/C12H17N3O/c1-10(5-6-12-4-3-7-16-12)14-11-8-13-15(2)9-11/h3-4,7-10,14H,5-6H2,1-2H3. The summed E-state index contributed by atoms with van der Waals surface area (Å²) in [6.07, 6.45) is 7.53. The lowest BCUT2D eigenvalue weighted by Gasteiger charge is -2.12. The normalized spacial score (nSPS) is 12.6. The number of aryl methyl sites for hydroxylation is 2. The van der Waals surface area contributed by atoms with Crippen LogP contribution >= 0.6 is 0 Å². The smallest absolute Gasteiger partial charge is 0.103 e. The van der Waals surface area contributed by atoms with Crippen LogP contribution in [0.4, 0.5) is 5.69 Å². The molecule has 0 aromatic carbocycles. The van der Waals surface area contributed by atoms with Crippen LogP contribution in [0.2, 0.25) is 0 Å². The molecule has 1 atom stereocenters. The Bertz CT molecular complexity index is 419. The lowest BCUT2D eigenvalue weighted by atomic mass is 10.1. The van der Waals surface area contributed by atoms with Gasteiger partial charge in [-0.3, -0.25) is 4.68 Å². The van der Waals surface area contributed by atoms with Crippen LogP contribution in [0.3, 0.4) is 0 Å². The third kappa shape index (κ3) is 2.89. The fraction of sp³-hybridized carbons (Fsp3) is 0.417. The van der Waals surface area contributed by atoms with E-state index in [0.717, 1.165) is 24.3 Å². The topological polar surface area (TPSA) is 43.0 Å². The number of furan rings is 1. The molecular formula is C12H17N3O. The second kappa shape index (κ2) is 4.88. The highest BCUT2D eigenvalue weighted by Gasteiger charge is 2.05. The predicted octanol–water partition coefficient (Wildman–Crippen LogP) is 2.45. The number of nitrogens with one attached hydrogen (secondary N) is 1.